The number of carbonyl (C=O) groups is 1. The number of fused-ring (bicyclic) bond motifs is 3. The van der Waals surface area contributed by atoms with Crippen molar-refractivity contribution in [2.24, 2.45) is 10.8 Å². The van der Waals surface area contributed by atoms with E-state index in [2.05, 4.69) is 0 Å². The highest BCUT2D eigenvalue weighted by Gasteiger charge is 2.44. The first-order valence-electron chi connectivity index (χ1n) is 11.1. The van der Waals surface area contributed by atoms with Crippen molar-refractivity contribution in [1.29, 1.82) is 0 Å². The molecule has 1 saturated carbocycles. The summed E-state index contributed by atoms with van der Waals surface area (Å²) >= 11 is 0. The Hall–Kier alpha value is -2.84. The molecule has 1 aromatic heterocycles. The molecular formula is C25H31NO7. The van der Waals surface area contributed by atoms with Crippen molar-refractivity contribution in [3.8, 4) is 22.8 Å². The normalized spacial score (nSPS) is 18.3. The van der Waals surface area contributed by atoms with Crippen LogP contribution in [0.3, 0.4) is 0 Å². The first-order chi connectivity index (χ1) is 15.6. The molecule has 0 radical (unpaired) electrons. The van der Waals surface area contributed by atoms with Crippen LogP contribution in [-0.4, -0.2) is 54.8 Å². The number of carboxylic acids is 1. The van der Waals surface area contributed by atoms with Crippen molar-refractivity contribution in [2.45, 2.75) is 39.2 Å². The summed E-state index contributed by atoms with van der Waals surface area (Å²) < 4.78 is 18.9. The number of carboxylic acid groups (broad SMARTS) is 1. The van der Waals surface area contributed by atoms with Crippen LogP contribution < -0.4 is 14.9 Å². The molecule has 1 fully saturated rings. The van der Waals surface area contributed by atoms with E-state index in [1.807, 2.05) is 26.0 Å². The molecule has 2 heterocycles. The van der Waals surface area contributed by atoms with E-state index in [1.165, 1.54) is 12.3 Å². The van der Waals surface area contributed by atoms with Gasteiger partial charge in [-0.25, -0.2) is 4.79 Å². The molecule has 2 aromatic rings. The van der Waals surface area contributed by atoms with E-state index in [9.17, 15) is 19.8 Å². The zero-order chi connectivity index (χ0) is 24.0. The van der Waals surface area contributed by atoms with E-state index < -0.39 is 16.8 Å². The standard InChI is InChI=1S/C25H31NO7/c1-24(2,12-27)22-8-15-7-21(33-14-25(5-6-25)13-31-3)20(32-4)9-16(15)18-10-19(28)17(23(29)30)11-26(18)22/h7,9-11,22,27H,5-6,8,12-14H2,1-4H3,(H,29,30)/t22-/m0/s1. The lowest BCUT2D eigenvalue weighted by atomic mass is 9.78. The number of rotatable bonds is 9. The Bertz CT molecular complexity index is 1130. The summed E-state index contributed by atoms with van der Waals surface area (Å²) in [6, 6.07) is 4.89. The first kappa shape index (κ1) is 23.3. The maximum atomic E-state index is 12.6. The molecule has 1 aromatic carbocycles. The van der Waals surface area contributed by atoms with E-state index in [1.54, 1.807) is 18.8 Å². The Morgan fingerprint density at radius 3 is 2.48 bits per heavy atom. The van der Waals surface area contributed by atoms with Gasteiger partial charge in [-0.05, 0) is 37.0 Å². The van der Waals surface area contributed by atoms with Gasteiger partial charge in [0.1, 0.15) is 5.56 Å². The van der Waals surface area contributed by atoms with Crippen molar-refractivity contribution in [3.05, 3.63) is 45.7 Å². The van der Waals surface area contributed by atoms with Crippen molar-refractivity contribution >= 4 is 5.97 Å². The lowest BCUT2D eigenvalue weighted by Crippen LogP contribution is -2.36. The lowest BCUT2D eigenvalue weighted by molar-refractivity contribution is 0.0691. The molecule has 0 spiro atoms. The van der Waals surface area contributed by atoms with Gasteiger partial charge in [0.2, 0.25) is 0 Å². The number of hydrogen-bond acceptors (Lipinski definition) is 6. The SMILES string of the molecule is COCC1(COc2cc3c(cc2OC)-c2cc(=O)c(C(=O)O)cn2[C@H](C(C)(C)CO)C3)CC1. The Kier molecular flexibility index (Phi) is 6.01. The Labute approximate surface area is 192 Å². The molecule has 2 N–H and O–H groups in total. The maximum Gasteiger partial charge on any atom is 0.341 e. The van der Waals surface area contributed by atoms with Gasteiger partial charge in [-0.1, -0.05) is 13.8 Å². The molecule has 0 unspecified atom stereocenters. The Morgan fingerprint density at radius 1 is 1.18 bits per heavy atom. The number of benzene rings is 1. The second kappa shape index (κ2) is 8.50. The number of pyridine rings is 1. The van der Waals surface area contributed by atoms with E-state index in [0.717, 1.165) is 24.0 Å². The van der Waals surface area contributed by atoms with Gasteiger partial charge in [0.25, 0.3) is 0 Å². The van der Waals surface area contributed by atoms with Crippen LogP contribution in [0.1, 0.15) is 48.7 Å². The van der Waals surface area contributed by atoms with Gasteiger partial charge in [-0.3, -0.25) is 4.79 Å². The molecular weight excluding hydrogens is 426 g/mol. The number of hydrogen-bond donors (Lipinski definition) is 2. The number of aliphatic hydroxyl groups is 1. The molecule has 1 aliphatic heterocycles. The van der Waals surface area contributed by atoms with Crippen LogP contribution in [0.2, 0.25) is 0 Å². The van der Waals surface area contributed by atoms with Crippen LogP contribution >= 0.6 is 0 Å². The van der Waals surface area contributed by atoms with E-state index in [-0.39, 0.29) is 23.6 Å². The summed E-state index contributed by atoms with van der Waals surface area (Å²) in [4.78, 5) is 24.2. The van der Waals surface area contributed by atoms with Gasteiger partial charge < -0.3 is 29.0 Å². The van der Waals surface area contributed by atoms with Crippen LogP contribution in [0.25, 0.3) is 11.3 Å². The minimum absolute atomic E-state index is 0.0459. The fourth-order valence-corrected chi connectivity index (χ4v) is 4.57. The summed E-state index contributed by atoms with van der Waals surface area (Å²) in [6.45, 7) is 4.93. The number of aromatic nitrogens is 1. The predicted octanol–water partition coefficient (Wildman–Crippen LogP) is 3.14. The van der Waals surface area contributed by atoms with Gasteiger partial charge in [0.15, 0.2) is 16.9 Å². The van der Waals surface area contributed by atoms with Crippen LogP contribution in [0.4, 0.5) is 0 Å². The van der Waals surface area contributed by atoms with Crippen molar-refractivity contribution in [1.82, 2.24) is 4.57 Å². The van der Waals surface area contributed by atoms with Crippen molar-refractivity contribution < 1.29 is 29.2 Å². The van der Waals surface area contributed by atoms with Gasteiger partial charge in [-0.15, -0.1) is 0 Å². The third-order valence-electron chi connectivity index (χ3n) is 6.98. The van der Waals surface area contributed by atoms with Gasteiger partial charge in [0, 0.05) is 41.8 Å². The molecule has 0 saturated heterocycles. The monoisotopic (exact) mass is 457 g/mol. The number of ether oxygens (including phenoxy) is 3. The van der Waals surface area contributed by atoms with Gasteiger partial charge >= 0.3 is 5.97 Å². The Balaban J connectivity index is 1.81. The highest BCUT2D eigenvalue weighted by molar-refractivity contribution is 5.88. The molecule has 0 amide bonds. The molecule has 33 heavy (non-hydrogen) atoms. The zero-order valence-electron chi connectivity index (χ0n) is 19.5. The summed E-state index contributed by atoms with van der Waals surface area (Å²) in [6.07, 6.45) is 4.05. The quantitative estimate of drug-likeness (QED) is 0.596. The molecule has 178 valence electrons. The molecule has 4 rings (SSSR count). The summed E-state index contributed by atoms with van der Waals surface area (Å²) in [5.41, 5.74) is 0.977. The molecule has 1 atom stereocenters. The average molecular weight is 458 g/mol. The summed E-state index contributed by atoms with van der Waals surface area (Å²) in [7, 11) is 3.26. The van der Waals surface area contributed by atoms with E-state index in [4.69, 9.17) is 14.2 Å². The largest absolute Gasteiger partial charge is 0.493 e. The number of nitrogens with zero attached hydrogens (tertiary/aromatic N) is 1. The van der Waals surface area contributed by atoms with Crippen molar-refractivity contribution in [3.63, 3.8) is 0 Å². The minimum Gasteiger partial charge on any atom is -0.493 e. The fourth-order valence-electron chi connectivity index (χ4n) is 4.57. The minimum atomic E-state index is -1.27. The van der Waals surface area contributed by atoms with Crippen LogP contribution in [-0.2, 0) is 11.2 Å². The van der Waals surface area contributed by atoms with E-state index >= 15 is 0 Å². The third-order valence-corrected chi connectivity index (χ3v) is 6.98. The number of methoxy groups -OCH3 is 2. The molecule has 8 heteroatoms. The van der Waals surface area contributed by atoms with Crippen LogP contribution in [0.5, 0.6) is 11.5 Å². The van der Waals surface area contributed by atoms with Crippen molar-refractivity contribution in [2.75, 3.05) is 34.0 Å². The van der Waals surface area contributed by atoms with Gasteiger partial charge in [-0.2, -0.15) is 0 Å². The maximum absolute atomic E-state index is 12.6. The predicted molar refractivity (Wildman–Crippen MR) is 122 cm³/mol. The van der Waals surface area contributed by atoms with Gasteiger partial charge in [0.05, 0.1) is 32.6 Å². The highest BCUT2D eigenvalue weighted by Crippen LogP contribution is 2.48. The summed E-state index contributed by atoms with van der Waals surface area (Å²) in [5.74, 6) is -0.103. The smallest absolute Gasteiger partial charge is 0.341 e. The van der Waals surface area contributed by atoms with E-state index in [0.29, 0.717) is 36.8 Å². The topological polar surface area (TPSA) is 107 Å². The van der Waals surface area contributed by atoms with Crippen LogP contribution in [0, 0.1) is 10.8 Å². The molecule has 8 nitrogen and oxygen atoms in total. The second-order valence-electron chi connectivity index (χ2n) is 9.90. The Morgan fingerprint density at radius 2 is 1.91 bits per heavy atom. The number of aromatic carboxylic acids is 1. The average Bonchev–Trinajstić information content (AvgIpc) is 3.55. The molecule has 0 bridgehead atoms. The second-order valence-corrected chi connectivity index (χ2v) is 9.90. The number of aliphatic hydroxyl groups excluding tert-OH is 1. The van der Waals surface area contributed by atoms with Crippen LogP contribution in [0.15, 0.2) is 29.2 Å². The fraction of sp³-hybridized carbons (Fsp3) is 0.520. The lowest BCUT2D eigenvalue weighted by Gasteiger charge is -2.40. The summed E-state index contributed by atoms with van der Waals surface area (Å²) in [5, 5.41) is 19.6. The molecule has 1 aliphatic carbocycles. The molecule has 2 aliphatic rings. The zero-order valence-corrected chi connectivity index (χ0v) is 19.5. The first-order valence-corrected chi connectivity index (χ1v) is 11.1. The third kappa shape index (κ3) is 4.25. The highest BCUT2D eigenvalue weighted by atomic mass is 16.5.